The molecule has 26 heavy (non-hydrogen) atoms. The minimum atomic E-state index is -1.09. The van der Waals surface area contributed by atoms with E-state index < -0.39 is 17.9 Å². The van der Waals surface area contributed by atoms with Gasteiger partial charge in [-0.15, -0.1) is 0 Å². The summed E-state index contributed by atoms with van der Waals surface area (Å²) in [5.74, 6) is 0.649. The third kappa shape index (κ3) is 5.69. The lowest BCUT2D eigenvalue weighted by Crippen LogP contribution is -2.15. The standard InChI is InChI=1S/C25H33F/c1-2-3-4-5-20-6-8-21(9-7-20)10-11-22-12-14-23(15-13-22)24-16-18-25(26)19-17-24/h12-21H,2-11H2,1H3/i16D,17D,18D,19D. The number of unbranched alkanes of at least 4 members (excludes halogenated alkanes) is 2. The Morgan fingerprint density at radius 3 is 2.08 bits per heavy atom. The van der Waals surface area contributed by atoms with Gasteiger partial charge in [0.25, 0.3) is 0 Å². The van der Waals surface area contributed by atoms with Crippen LogP contribution in [0.3, 0.4) is 0 Å². The number of aryl methyl sites for hydroxylation is 1. The summed E-state index contributed by atoms with van der Waals surface area (Å²) in [5.41, 5.74) is 1.99. The van der Waals surface area contributed by atoms with Crippen molar-refractivity contribution in [2.45, 2.75) is 71.1 Å². The maximum atomic E-state index is 13.8. The second kappa shape index (κ2) is 9.90. The Hall–Kier alpha value is -1.63. The summed E-state index contributed by atoms with van der Waals surface area (Å²) < 4.78 is 45.2. The Bertz CT molecular complexity index is 810. The molecule has 1 heteroatoms. The second-order valence-electron chi connectivity index (χ2n) is 7.81. The zero-order valence-electron chi connectivity index (χ0n) is 19.9. The van der Waals surface area contributed by atoms with E-state index in [2.05, 4.69) is 6.92 Å². The van der Waals surface area contributed by atoms with Crippen LogP contribution >= 0.6 is 0 Å². The largest absolute Gasteiger partial charge is 0.207 e. The van der Waals surface area contributed by atoms with Gasteiger partial charge in [0.05, 0.1) is 5.48 Å². The molecule has 1 aliphatic carbocycles. The fraction of sp³-hybridized carbons (Fsp3) is 0.520. The molecule has 1 fully saturated rings. The molecule has 2 aromatic carbocycles. The molecule has 0 radical (unpaired) electrons. The van der Waals surface area contributed by atoms with Crippen LogP contribution in [-0.2, 0) is 6.42 Å². The Kier molecular flexibility index (Phi) is 5.49. The fourth-order valence-corrected chi connectivity index (χ4v) is 4.14. The summed E-state index contributed by atoms with van der Waals surface area (Å²) in [4.78, 5) is 0. The van der Waals surface area contributed by atoms with E-state index in [4.69, 9.17) is 5.48 Å². The van der Waals surface area contributed by atoms with E-state index in [0.717, 1.165) is 18.3 Å². The van der Waals surface area contributed by atoms with Crippen molar-refractivity contribution in [2.75, 3.05) is 0 Å². The molecule has 0 N–H and O–H groups in total. The first kappa shape index (κ1) is 14.4. The topological polar surface area (TPSA) is 0 Å². The fourth-order valence-electron chi connectivity index (χ4n) is 4.14. The first-order valence-corrected chi connectivity index (χ1v) is 10.3. The van der Waals surface area contributed by atoms with Gasteiger partial charge in [0.1, 0.15) is 5.82 Å². The highest BCUT2D eigenvalue weighted by Crippen LogP contribution is 2.34. The maximum Gasteiger partial charge on any atom is 0.123 e. The van der Waals surface area contributed by atoms with E-state index in [9.17, 15) is 4.39 Å². The lowest BCUT2D eigenvalue weighted by atomic mass is 9.78. The normalized spacial score (nSPS) is 22.4. The van der Waals surface area contributed by atoms with E-state index in [-0.39, 0.29) is 17.6 Å². The van der Waals surface area contributed by atoms with Gasteiger partial charge in [-0.2, -0.15) is 0 Å². The van der Waals surface area contributed by atoms with Crippen molar-refractivity contribution in [1.29, 1.82) is 0 Å². The SMILES string of the molecule is [2H]c1c([2H])c(-c2ccc(CCC3CCC(CCCCC)CC3)cc2)c([2H])c([2H])c1F. The zero-order valence-corrected chi connectivity index (χ0v) is 15.9. The van der Waals surface area contributed by atoms with Crippen LogP contribution in [0.1, 0.15) is 75.8 Å². The van der Waals surface area contributed by atoms with Gasteiger partial charge in [-0.1, -0.05) is 94.6 Å². The predicted octanol–water partition coefficient (Wildman–Crippen LogP) is 7.81. The Labute approximate surface area is 164 Å². The van der Waals surface area contributed by atoms with Gasteiger partial charge in [0, 0.05) is 0 Å². The van der Waals surface area contributed by atoms with Crippen LogP contribution in [0, 0.1) is 17.7 Å². The number of rotatable bonds is 8. The van der Waals surface area contributed by atoms with Crippen LogP contribution in [0.5, 0.6) is 0 Å². The van der Waals surface area contributed by atoms with E-state index >= 15 is 0 Å². The number of hydrogen-bond donors (Lipinski definition) is 0. The molecule has 140 valence electrons. The summed E-state index contributed by atoms with van der Waals surface area (Å²) >= 11 is 0. The highest BCUT2D eigenvalue weighted by Gasteiger charge is 2.20. The van der Waals surface area contributed by atoms with Crippen LogP contribution < -0.4 is 0 Å². The zero-order chi connectivity index (χ0) is 21.7. The van der Waals surface area contributed by atoms with Gasteiger partial charge in [-0.25, -0.2) is 4.39 Å². The molecule has 0 amide bonds. The van der Waals surface area contributed by atoms with E-state index in [1.807, 2.05) is 24.3 Å². The Morgan fingerprint density at radius 1 is 0.846 bits per heavy atom. The van der Waals surface area contributed by atoms with Gasteiger partial charge in [0.15, 0.2) is 0 Å². The summed E-state index contributed by atoms with van der Waals surface area (Å²) in [6, 6.07) is 5.81. The molecule has 0 aliphatic heterocycles. The lowest BCUT2D eigenvalue weighted by Gasteiger charge is -2.28. The highest BCUT2D eigenvalue weighted by molar-refractivity contribution is 5.63. The average molecular weight is 357 g/mol. The van der Waals surface area contributed by atoms with Crippen molar-refractivity contribution >= 4 is 0 Å². The molecule has 0 bridgehead atoms. The van der Waals surface area contributed by atoms with Gasteiger partial charge >= 0.3 is 0 Å². The number of benzene rings is 2. The number of halogens is 1. The molecule has 0 unspecified atom stereocenters. The molecule has 0 saturated heterocycles. The monoisotopic (exact) mass is 356 g/mol. The lowest BCUT2D eigenvalue weighted by molar-refractivity contribution is 0.249. The van der Waals surface area contributed by atoms with Gasteiger partial charge < -0.3 is 0 Å². The van der Waals surface area contributed by atoms with Crippen LogP contribution in [-0.4, -0.2) is 0 Å². The molecule has 2 aromatic rings. The first-order valence-electron chi connectivity index (χ1n) is 12.3. The highest BCUT2D eigenvalue weighted by atomic mass is 19.1. The summed E-state index contributed by atoms with van der Waals surface area (Å²) in [7, 11) is 0. The second-order valence-corrected chi connectivity index (χ2v) is 7.81. The van der Waals surface area contributed by atoms with E-state index in [0.29, 0.717) is 5.56 Å². The summed E-state index contributed by atoms with van der Waals surface area (Å²) in [6.45, 7) is 2.26. The van der Waals surface area contributed by atoms with Crippen molar-refractivity contribution in [3.05, 3.63) is 59.8 Å². The van der Waals surface area contributed by atoms with Crippen LogP contribution in [0.25, 0.3) is 11.1 Å². The van der Waals surface area contributed by atoms with Crippen LogP contribution in [0.2, 0.25) is 0 Å². The molecule has 1 aliphatic rings. The quantitative estimate of drug-likeness (QED) is 0.423. The average Bonchev–Trinajstić information content (AvgIpc) is 2.77. The minimum absolute atomic E-state index is 0.166. The third-order valence-electron chi connectivity index (χ3n) is 5.86. The summed E-state index contributed by atoms with van der Waals surface area (Å²) in [6.07, 6.45) is 13.1. The Balaban J connectivity index is 1.57. The minimum Gasteiger partial charge on any atom is -0.207 e. The molecular weight excluding hydrogens is 319 g/mol. The number of hydrogen-bond acceptors (Lipinski definition) is 0. The molecule has 0 aromatic heterocycles. The van der Waals surface area contributed by atoms with Crippen molar-refractivity contribution in [3.63, 3.8) is 0 Å². The van der Waals surface area contributed by atoms with Gasteiger partial charge in [-0.3, -0.25) is 0 Å². The molecule has 0 spiro atoms. The first-order chi connectivity index (χ1) is 14.4. The smallest absolute Gasteiger partial charge is 0.123 e. The maximum absolute atomic E-state index is 13.8. The third-order valence-corrected chi connectivity index (χ3v) is 5.86. The van der Waals surface area contributed by atoms with Crippen molar-refractivity contribution in [2.24, 2.45) is 11.8 Å². The van der Waals surface area contributed by atoms with Gasteiger partial charge in [0.2, 0.25) is 0 Å². The van der Waals surface area contributed by atoms with Crippen LogP contribution in [0.4, 0.5) is 4.39 Å². The molecule has 0 heterocycles. The van der Waals surface area contributed by atoms with Crippen molar-refractivity contribution < 1.29 is 9.87 Å². The Morgan fingerprint density at radius 2 is 1.46 bits per heavy atom. The molecule has 0 nitrogen and oxygen atoms in total. The summed E-state index contributed by atoms with van der Waals surface area (Å²) in [5, 5.41) is 0. The van der Waals surface area contributed by atoms with E-state index in [1.54, 1.807) is 0 Å². The van der Waals surface area contributed by atoms with Gasteiger partial charge in [-0.05, 0) is 53.5 Å². The van der Waals surface area contributed by atoms with E-state index in [1.165, 1.54) is 63.4 Å². The molecular formula is C25H33F. The van der Waals surface area contributed by atoms with Crippen LogP contribution in [0.15, 0.2) is 48.4 Å². The van der Waals surface area contributed by atoms with Crippen molar-refractivity contribution in [1.82, 2.24) is 0 Å². The predicted molar refractivity (Wildman–Crippen MR) is 110 cm³/mol. The molecule has 1 saturated carbocycles. The molecule has 3 rings (SSSR count). The molecule has 0 atom stereocenters. The van der Waals surface area contributed by atoms with Crippen molar-refractivity contribution in [3.8, 4) is 11.1 Å².